The van der Waals surface area contributed by atoms with Crippen molar-refractivity contribution in [3.63, 3.8) is 0 Å². The molecule has 30 heavy (non-hydrogen) atoms. The molecule has 7 nitrogen and oxygen atoms in total. The second-order valence-electron chi connectivity index (χ2n) is 7.55. The molecule has 1 aromatic heterocycles. The summed E-state index contributed by atoms with van der Waals surface area (Å²) in [6, 6.07) is 13.7. The van der Waals surface area contributed by atoms with Gasteiger partial charge in [-0.2, -0.15) is 4.31 Å². The molecule has 1 aliphatic rings. The molecule has 1 aliphatic heterocycles. The van der Waals surface area contributed by atoms with Crippen molar-refractivity contribution >= 4 is 32.6 Å². The van der Waals surface area contributed by atoms with Gasteiger partial charge in [0.25, 0.3) is 5.91 Å². The fraction of sp³-hybridized carbons (Fsp3) is 0.273. The van der Waals surface area contributed by atoms with Crippen molar-refractivity contribution in [2.24, 2.45) is 0 Å². The minimum Gasteiger partial charge on any atom is -0.351 e. The quantitative estimate of drug-likeness (QED) is 0.651. The van der Waals surface area contributed by atoms with Crippen molar-refractivity contribution < 1.29 is 18.0 Å². The van der Waals surface area contributed by atoms with Crippen LogP contribution in [0.2, 0.25) is 0 Å². The molecule has 0 atom stereocenters. The Balaban J connectivity index is 1.45. The molecule has 0 bridgehead atoms. The number of ketones is 1. The van der Waals surface area contributed by atoms with Gasteiger partial charge in [0, 0.05) is 42.6 Å². The van der Waals surface area contributed by atoms with Gasteiger partial charge in [0.05, 0.1) is 4.90 Å². The fourth-order valence-corrected chi connectivity index (χ4v) is 5.09. The van der Waals surface area contributed by atoms with E-state index in [9.17, 15) is 18.0 Å². The van der Waals surface area contributed by atoms with Crippen molar-refractivity contribution in [2.45, 2.75) is 18.7 Å². The van der Waals surface area contributed by atoms with Crippen LogP contribution in [0.25, 0.3) is 10.9 Å². The number of nitrogens with zero attached hydrogens (tertiary/aromatic N) is 2. The molecule has 8 heteroatoms. The monoisotopic (exact) mass is 425 g/mol. The number of carbonyl (C=O) groups is 2. The number of hydrogen-bond donors (Lipinski definition) is 1. The van der Waals surface area contributed by atoms with E-state index in [4.69, 9.17) is 0 Å². The van der Waals surface area contributed by atoms with Crippen LogP contribution < -0.4 is 0 Å². The summed E-state index contributed by atoms with van der Waals surface area (Å²) in [5.74, 6) is -0.245. The average Bonchev–Trinajstić information content (AvgIpc) is 3.16. The summed E-state index contributed by atoms with van der Waals surface area (Å²) in [5.41, 5.74) is 3.00. The van der Waals surface area contributed by atoms with Crippen molar-refractivity contribution in [1.29, 1.82) is 0 Å². The third-order valence-corrected chi connectivity index (χ3v) is 7.35. The third-order valence-electron chi connectivity index (χ3n) is 5.43. The molecule has 1 N–H and O–H groups in total. The van der Waals surface area contributed by atoms with Gasteiger partial charge in [-0.3, -0.25) is 9.59 Å². The molecule has 3 aromatic rings. The second kappa shape index (κ2) is 7.70. The first kappa shape index (κ1) is 20.3. The van der Waals surface area contributed by atoms with E-state index in [0.717, 1.165) is 16.5 Å². The van der Waals surface area contributed by atoms with Gasteiger partial charge in [0.15, 0.2) is 5.78 Å². The summed E-state index contributed by atoms with van der Waals surface area (Å²) >= 11 is 0. The summed E-state index contributed by atoms with van der Waals surface area (Å²) in [5, 5.41) is 0.971. The number of fused-ring (bicyclic) bond motifs is 1. The summed E-state index contributed by atoms with van der Waals surface area (Å²) in [6.07, 6.45) is 0. The van der Waals surface area contributed by atoms with Crippen molar-refractivity contribution in [3.8, 4) is 0 Å². The molecule has 1 saturated heterocycles. The molecule has 156 valence electrons. The molecule has 0 spiro atoms. The predicted molar refractivity (Wildman–Crippen MR) is 114 cm³/mol. The fourth-order valence-electron chi connectivity index (χ4n) is 3.67. The summed E-state index contributed by atoms with van der Waals surface area (Å²) in [4.78, 5) is 29.3. The van der Waals surface area contributed by atoms with E-state index in [1.165, 1.54) is 35.5 Å². The number of hydrogen-bond acceptors (Lipinski definition) is 4. The van der Waals surface area contributed by atoms with Gasteiger partial charge in [-0.25, -0.2) is 8.42 Å². The van der Waals surface area contributed by atoms with E-state index < -0.39 is 10.0 Å². The highest BCUT2D eigenvalue weighted by Crippen LogP contribution is 2.21. The number of aromatic amines is 1. The number of amides is 1. The standard InChI is InChI=1S/C22H23N3O4S/c1-15-3-4-18-14-21(23-20(18)13-15)22(27)24-9-11-25(12-10-24)30(28,29)19-7-5-17(6-8-19)16(2)26/h3-8,13-14,23H,9-12H2,1-2H3. The number of carbonyl (C=O) groups excluding carboxylic acids is 2. The molecule has 1 fully saturated rings. The van der Waals surface area contributed by atoms with E-state index in [-0.39, 0.29) is 29.7 Å². The Morgan fingerprint density at radius 1 is 0.933 bits per heavy atom. The Morgan fingerprint density at radius 3 is 2.23 bits per heavy atom. The molecular weight excluding hydrogens is 402 g/mol. The minimum atomic E-state index is -3.67. The Kier molecular flexibility index (Phi) is 5.21. The Hall–Kier alpha value is -2.97. The van der Waals surface area contributed by atoms with E-state index in [1.54, 1.807) is 4.90 Å². The van der Waals surface area contributed by atoms with E-state index in [0.29, 0.717) is 24.3 Å². The Bertz CT molecular complexity index is 1220. The van der Waals surface area contributed by atoms with Crippen molar-refractivity contribution in [1.82, 2.24) is 14.2 Å². The lowest BCUT2D eigenvalue weighted by molar-refractivity contribution is 0.0693. The number of benzene rings is 2. The Morgan fingerprint density at radius 2 is 1.60 bits per heavy atom. The number of nitrogens with one attached hydrogen (secondary N) is 1. The highest BCUT2D eigenvalue weighted by atomic mass is 32.2. The van der Waals surface area contributed by atoms with Crippen molar-refractivity contribution in [3.05, 3.63) is 65.4 Å². The number of Topliss-reactive ketones (excluding diaryl/α,β-unsaturated/α-hetero) is 1. The highest BCUT2D eigenvalue weighted by molar-refractivity contribution is 7.89. The number of rotatable bonds is 4. The SMILES string of the molecule is CC(=O)c1ccc(S(=O)(=O)N2CCN(C(=O)c3cc4ccc(C)cc4[nH]3)CC2)cc1. The molecule has 0 saturated carbocycles. The predicted octanol–water partition coefficient (Wildman–Crippen LogP) is 2.83. The zero-order chi connectivity index (χ0) is 21.5. The topological polar surface area (TPSA) is 90.6 Å². The molecule has 0 aliphatic carbocycles. The van der Waals surface area contributed by atoms with E-state index in [1.807, 2.05) is 31.2 Å². The van der Waals surface area contributed by atoms with Crippen LogP contribution in [0.5, 0.6) is 0 Å². The molecular formula is C22H23N3O4S. The maximum absolute atomic E-state index is 12.9. The first-order chi connectivity index (χ1) is 14.3. The van der Waals surface area contributed by atoms with Crippen LogP contribution in [0.1, 0.15) is 33.3 Å². The molecule has 1 amide bonds. The largest absolute Gasteiger partial charge is 0.351 e. The van der Waals surface area contributed by atoms with Crippen LogP contribution in [0, 0.1) is 6.92 Å². The van der Waals surface area contributed by atoms with Crippen LogP contribution in [0.15, 0.2) is 53.4 Å². The first-order valence-electron chi connectivity index (χ1n) is 9.75. The maximum atomic E-state index is 12.9. The third kappa shape index (κ3) is 3.76. The zero-order valence-corrected chi connectivity index (χ0v) is 17.7. The lowest BCUT2D eigenvalue weighted by Gasteiger charge is -2.33. The summed E-state index contributed by atoms with van der Waals surface area (Å²) in [7, 11) is -3.67. The average molecular weight is 426 g/mol. The first-order valence-corrected chi connectivity index (χ1v) is 11.2. The van der Waals surface area contributed by atoms with Gasteiger partial charge in [0.2, 0.25) is 10.0 Å². The van der Waals surface area contributed by atoms with Gasteiger partial charge >= 0.3 is 0 Å². The zero-order valence-electron chi connectivity index (χ0n) is 16.9. The summed E-state index contributed by atoms with van der Waals surface area (Å²) < 4.78 is 27.2. The van der Waals surface area contributed by atoms with Crippen LogP contribution in [0.3, 0.4) is 0 Å². The maximum Gasteiger partial charge on any atom is 0.270 e. The smallest absolute Gasteiger partial charge is 0.270 e. The number of piperazine rings is 1. The summed E-state index contributed by atoms with van der Waals surface area (Å²) in [6.45, 7) is 4.52. The molecule has 0 unspecified atom stereocenters. The van der Waals surface area contributed by atoms with Gasteiger partial charge in [-0.05, 0) is 43.7 Å². The molecule has 4 rings (SSSR count). The van der Waals surface area contributed by atoms with Crippen LogP contribution >= 0.6 is 0 Å². The highest BCUT2D eigenvalue weighted by Gasteiger charge is 2.31. The van der Waals surface area contributed by atoms with E-state index >= 15 is 0 Å². The lowest BCUT2D eigenvalue weighted by Crippen LogP contribution is -2.50. The number of H-pyrrole nitrogens is 1. The number of sulfonamides is 1. The molecule has 0 radical (unpaired) electrons. The Labute approximate surface area is 175 Å². The van der Waals surface area contributed by atoms with Gasteiger partial charge in [-0.1, -0.05) is 24.3 Å². The minimum absolute atomic E-state index is 0.113. The normalized spacial score (nSPS) is 15.5. The van der Waals surface area contributed by atoms with Crippen LogP contribution in [0.4, 0.5) is 0 Å². The van der Waals surface area contributed by atoms with Crippen molar-refractivity contribution in [2.75, 3.05) is 26.2 Å². The second-order valence-corrected chi connectivity index (χ2v) is 9.49. The van der Waals surface area contributed by atoms with Crippen LogP contribution in [-0.2, 0) is 10.0 Å². The van der Waals surface area contributed by atoms with E-state index in [2.05, 4.69) is 4.98 Å². The van der Waals surface area contributed by atoms with Gasteiger partial charge in [0.1, 0.15) is 5.69 Å². The van der Waals surface area contributed by atoms with Crippen LogP contribution in [-0.4, -0.2) is 60.5 Å². The molecule has 2 heterocycles. The lowest BCUT2D eigenvalue weighted by atomic mass is 10.2. The number of aryl methyl sites for hydroxylation is 1. The molecule has 2 aromatic carbocycles. The number of aromatic nitrogens is 1. The van der Waals surface area contributed by atoms with Gasteiger partial charge in [-0.15, -0.1) is 0 Å². The van der Waals surface area contributed by atoms with Gasteiger partial charge < -0.3 is 9.88 Å².